The van der Waals surface area contributed by atoms with E-state index < -0.39 is 5.60 Å². The number of amides is 1. The Morgan fingerprint density at radius 1 is 1.27 bits per heavy atom. The second kappa shape index (κ2) is 7.49. The van der Waals surface area contributed by atoms with Crippen LogP contribution in [-0.4, -0.2) is 42.8 Å². The molecule has 4 heteroatoms. The molecule has 0 heterocycles. The van der Waals surface area contributed by atoms with Gasteiger partial charge in [-0.1, -0.05) is 19.1 Å². The Hall–Kier alpha value is -1.03. The second-order valence-corrected chi connectivity index (χ2v) is 7.71. The van der Waals surface area contributed by atoms with Gasteiger partial charge in [0.05, 0.1) is 0 Å². The lowest BCUT2D eigenvalue weighted by Gasteiger charge is -2.27. The van der Waals surface area contributed by atoms with Crippen molar-refractivity contribution < 1.29 is 9.53 Å². The van der Waals surface area contributed by atoms with E-state index in [0.29, 0.717) is 0 Å². The molecule has 0 aromatic heterocycles. The number of carbonyl (C=O) groups is 1. The molecule has 1 N–H and O–H groups in total. The van der Waals surface area contributed by atoms with Gasteiger partial charge in [0, 0.05) is 19.6 Å². The normalized spacial score (nSPS) is 26.5. The Morgan fingerprint density at radius 3 is 2.59 bits per heavy atom. The van der Waals surface area contributed by atoms with E-state index in [4.69, 9.17) is 4.74 Å². The maximum Gasteiger partial charge on any atom is 0.410 e. The smallest absolute Gasteiger partial charge is 0.410 e. The predicted molar refractivity (Wildman–Crippen MR) is 89.8 cm³/mol. The van der Waals surface area contributed by atoms with Crippen LogP contribution in [0.3, 0.4) is 0 Å². The van der Waals surface area contributed by atoms with Gasteiger partial charge in [-0.15, -0.1) is 0 Å². The predicted octanol–water partition coefficient (Wildman–Crippen LogP) is 3.44. The molecule has 2 aliphatic carbocycles. The first-order valence-electron chi connectivity index (χ1n) is 8.76. The number of fused-ring (bicyclic) bond motifs is 2. The SMILES string of the molecule is CCCN(CCNCC1CC2C=CC1C2)C(=O)OC(C)(C)C. The summed E-state index contributed by atoms with van der Waals surface area (Å²) < 4.78 is 5.47. The van der Waals surface area contributed by atoms with Crippen molar-refractivity contribution in [2.45, 2.75) is 52.6 Å². The minimum Gasteiger partial charge on any atom is -0.444 e. The monoisotopic (exact) mass is 308 g/mol. The summed E-state index contributed by atoms with van der Waals surface area (Å²) in [5.74, 6) is 2.40. The fraction of sp³-hybridized carbons (Fsp3) is 0.833. The standard InChI is InChI=1S/C18H32N2O2/c1-5-9-20(17(21)22-18(2,3)4)10-8-19-13-16-12-14-6-7-15(16)11-14/h6-7,14-16,19H,5,8-13H2,1-4H3. The summed E-state index contributed by atoms with van der Waals surface area (Å²) in [6.07, 6.45) is 8.22. The van der Waals surface area contributed by atoms with E-state index in [1.807, 2.05) is 25.7 Å². The summed E-state index contributed by atoms with van der Waals surface area (Å²) in [4.78, 5) is 14.0. The van der Waals surface area contributed by atoms with E-state index in [2.05, 4.69) is 24.4 Å². The van der Waals surface area contributed by atoms with Crippen molar-refractivity contribution in [1.82, 2.24) is 10.2 Å². The highest BCUT2D eigenvalue weighted by molar-refractivity contribution is 5.68. The molecule has 0 aromatic carbocycles. The quantitative estimate of drug-likeness (QED) is 0.578. The first-order valence-corrected chi connectivity index (χ1v) is 8.76. The van der Waals surface area contributed by atoms with Gasteiger partial charge in [0.15, 0.2) is 0 Å². The topological polar surface area (TPSA) is 41.6 Å². The fourth-order valence-corrected chi connectivity index (χ4v) is 3.52. The zero-order valence-corrected chi connectivity index (χ0v) is 14.6. The van der Waals surface area contributed by atoms with Crippen LogP contribution >= 0.6 is 0 Å². The summed E-state index contributed by atoms with van der Waals surface area (Å²) in [6, 6.07) is 0. The van der Waals surface area contributed by atoms with Gasteiger partial charge in [-0.2, -0.15) is 0 Å². The summed E-state index contributed by atoms with van der Waals surface area (Å²) in [7, 11) is 0. The van der Waals surface area contributed by atoms with Crippen LogP contribution in [0.15, 0.2) is 12.2 Å². The Kier molecular flexibility index (Phi) is 5.90. The average molecular weight is 308 g/mol. The molecule has 1 fully saturated rings. The molecule has 22 heavy (non-hydrogen) atoms. The van der Waals surface area contributed by atoms with Gasteiger partial charge in [0.25, 0.3) is 0 Å². The van der Waals surface area contributed by atoms with Crippen molar-refractivity contribution in [1.29, 1.82) is 0 Å². The van der Waals surface area contributed by atoms with E-state index in [1.54, 1.807) is 0 Å². The third kappa shape index (κ3) is 5.01. The number of ether oxygens (including phenoxy) is 1. The lowest BCUT2D eigenvalue weighted by molar-refractivity contribution is 0.0251. The molecule has 2 aliphatic rings. The fourth-order valence-electron chi connectivity index (χ4n) is 3.52. The Balaban J connectivity index is 1.68. The molecule has 126 valence electrons. The lowest BCUT2D eigenvalue weighted by Crippen LogP contribution is -2.41. The van der Waals surface area contributed by atoms with E-state index in [0.717, 1.165) is 50.4 Å². The minimum atomic E-state index is -0.425. The van der Waals surface area contributed by atoms with Crippen molar-refractivity contribution in [3.8, 4) is 0 Å². The summed E-state index contributed by atoms with van der Waals surface area (Å²) in [5.41, 5.74) is -0.425. The first kappa shape index (κ1) is 17.3. The number of allylic oxidation sites excluding steroid dienone is 2. The second-order valence-electron chi connectivity index (χ2n) is 7.71. The number of nitrogens with one attached hydrogen (secondary N) is 1. The molecule has 0 radical (unpaired) electrons. The highest BCUT2D eigenvalue weighted by Crippen LogP contribution is 2.42. The first-order chi connectivity index (χ1) is 10.4. The maximum absolute atomic E-state index is 12.2. The minimum absolute atomic E-state index is 0.195. The molecule has 3 unspecified atom stereocenters. The van der Waals surface area contributed by atoms with Crippen molar-refractivity contribution in [2.75, 3.05) is 26.2 Å². The van der Waals surface area contributed by atoms with Crippen LogP contribution in [0.2, 0.25) is 0 Å². The van der Waals surface area contributed by atoms with E-state index in [9.17, 15) is 4.79 Å². The van der Waals surface area contributed by atoms with Gasteiger partial charge in [-0.05, 0) is 64.3 Å². The molecular weight excluding hydrogens is 276 g/mol. The number of hydrogen-bond donors (Lipinski definition) is 1. The summed E-state index contributed by atoms with van der Waals surface area (Å²) >= 11 is 0. The molecule has 1 saturated carbocycles. The van der Waals surface area contributed by atoms with Crippen LogP contribution in [0.1, 0.15) is 47.0 Å². The van der Waals surface area contributed by atoms with Gasteiger partial charge in [0.1, 0.15) is 5.60 Å². The molecule has 2 rings (SSSR count). The van der Waals surface area contributed by atoms with Crippen molar-refractivity contribution in [3.63, 3.8) is 0 Å². The molecule has 0 aromatic rings. The Bertz CT molecular complexity index is 400. The molecule has 0 spiro atoms. The molecule has 3 atom stereocenters. The van der Waals surface area contributed by atoms with Gasteiger partial charge in [-0.25, -0.2) is 4.79 Å². The van der Waals surface area contributed by atoms with E-state index in [-0.39, 0.29) is 6.09 Å². The molecule has 2 bridgehead atoms. The lowest BCUT2D eigenvalue weighted by atomic mass is 9.94. The van der Waals surface area contributed by atoms with Crippen LogP contribution < -0.4 is 5.32 Å². The van der Waals surface area contributed by atoms with Crippen molar-refractivity contribution in [2.24, 2.45) is 17.8 Å². The zero-order valence-electron chi connectivity index (χ0n) is 14.6. The summed E-state index contributed by atoms with van der Waals surface area (Å²) in [5, 5.41) is 3.54. The average Bonchev–Trinajstić information content (AvgIpc) is 3.02. The third-order valence-corrected chi connectivity index (χ3v) is 4.53. The molecule has 4 nitrogen and oxygen atoms in total. The van der Waals surface area contributed by atoms with Crippen LogP contribution in [0.4, 0.5) is 4.79 Å². The largest absolute Gasteiger partial charge is 0.444 e. The number of hydrogen-bond acceptors (Lipinski definition) is 3. The van der Waals surface area contributed by atoms with Crippen LogP contribution in [-0.2, 0) is 4.74 Å². The summed E-state index contributed by atoms with van der Waals surface area (Å²) in [6.45, 7) is 11.2. The van der Waals surface area contributed by atoms with Crippen LogP contribution in [0.5, 0.6) is 0 Å². The number of carbonyl (C=O) groups excluding carboxylic acids is 1. The highest BCUT2D eigenvalue weighted by Gasteiger charge is 2.35. The number of nitrogens with zero attached hydrogens (tertiary/aromatic N) is 1. The van der Waals surface area contributed by atoms with Crippen molar-refractivity contribution >= 4 is 6.09 Å². The van der Waals surface area contributed by atoms with Gasteiger partial charge >= 0.3 is 6.09 Å². The van der Waals surface area contributed by atoms with Crippen LogP contribution in [0, 0.1) is 17.8 Å². The van der Waals surface area contributed by atoms with E-state index >= 15 is 0 Å². The highest BCUT2D eigenvalue weighted by atomic mass is 16.6. The number of rotatable bonds is 7. The molecule has 0 saturated heterocycles. The van der Waals surface area contributed by atoms with E-state index in [1.165, 1.54) is 12.8 Å². The Labute approximate surface area is 135 Å². The molecule has 0 aliphatic heterocycles. The maximum atomic E-state index is 12.2. The van der Waals surface area contributed by atoms with Crippen LogP contribution in [0.25, 0.3) is 0 Å². The van der Waals surface area contributed by atoms with Gasteiger partial charge in [-0.3, -0.25) is 0 Å². The van der Waals surface area contributed by atoms with Crippen molar-refractivity contribution in [3.05, 3.63) is 12.2 Å². The zero-order chi connectivity index (χ0) is 16.2. The Morgan fingerprint density at radius 2 is 2.05 bits per heavy atom. The van der Waals surface area contributed by atoms with Gasteiger partial charge < -0.3 is 15.0 Å². The van der Waals surface area contributed by atoms with Gasteiger partial charge in [0.2, 0.25) is 0 Å². The third-order valence-electron chi connectivity index (χ3n) is 4.53. The molecular formula is C18H32N2O2. The molecule has 1 amide bonds.